The molecule has 1 N–H and O–H groups in total. The summed E-state index contributed by atoms with van der Waals surface area (Å²) in [6.07, 6.45) is -0.206. The first-order valence-corrected chi connectivity index (χ1v) is 11.6. The van der Waals surface area contributed by atoms with E-state index in [1.54, 1.807) is 30.9 Å². The van der Waals surface area contributed by atoms with Crippen molar-refractivity contribution in [1.82, 2.24) is 9.80 Å². The van der Waals surface area contributed by atoms with Crippen LogP contribution in [-0.4, -0.2) is 94.1 Å². The van der Waals surface area contributed by atoms with E-state index in [-0.39, 0.29) is 30.8 Å². The number of rotatable bonds is 11. The van der Waals surface area contributed by atoms with Gasteiger partial charge in [-0.25, -0.2) is 4.21 Å². The molecule has 1 aromatic carbocycles. The van der Waals surface area contributed by atoms with Gasteiger partial charge in [-0.1, -0.05) is 19.9 Å². The Kier molecular flexibility index (Phi) is 8.19. The lowest BCUT2D eigenvalue weighted by Gasteiger charge is -2.31. The molecule has 1 aromatic rings. The predicted octanol–water partition coefficient (Wildman–Crippen LogP) is 0.690. The number of nitrogens with zero attached hydrogens (tertiary/aromatic N) is 3. The monoisotopic (exact) mass is 482 g/mol. The van der Waals surface area contributed by atoms with E-state index in [4.69, 9.17) is 14.0 Å². The fourth-order valence-corrected chi connectivity index (χ4v) is 4.28. The van der Waals surface area contributed by atoms with E-state index in [0.29, 0.717) is 32.0 Å². The summed E-state index contributed by atoms with van der Waals surface area (Å²) in [6, 6.07) is 4.81. The van der Waals surface area contributed by atoms with Crippen LogP contribution in [0.25, 0.3) is 0 Å². The van der Waals surface area contributed by atoms with Gasteiger partial charge in [0.25, 0.3) is 11.8 Å². The van der Waals surface area contributed by atoms with Crippen molar-refractivity contribution < 1.29 is 37.2 Å². The molecule has 2 aliphatic heterocycles. The predicted molar refractivity (Wildman–Crippen MR) is 117 cm³/mol. The van der Waals surface area contributed by atoms with Crippen LogP contribution in [0.4, 0.5) is 5.69 Å². The van der Waals surface area contributed by atoms with Gasteiger partial charge in [0.05, 0.1) is 47.8 Å². The summed E-state index contributed by atoms with van der Waals surface area (Å²) in [5.74, 6) is -2.06. The van der Waals surface area contributed by atoms with E-state index < -0.39 is 34.6 Å². The number of carboxylic acids is 1. The van der Waals surface area contributed by atoms with Gasteiger partial charge in [0.1, 0.15) is 6.73 Å². The van der Waals surface area contributed by atoms with Gasteiger partial charge in [0.2, 0.25) is 0 Å². The Morgan fingerprint density at radius 2 is 1.97 bits per heavy atom. The molecule has 3 rings (SSSR count). The van der Waals surface area contributed by atoms with Gasteiger partial charge >= 0.3 is 5.97 Å². The maximum Gasteiger partial charge on any atom is 0.303 e. The first-order valence-electron chi connectivity index (χ1n) is 10.6. The molecule has 0 saturated carbocycles. The van der Waals surface area contributed by atoms with Crippen molar-refractivity contribution in [3.05, 3.63) is 29.3 Å². The highest BCUT2D eigenvalue weighted by atomic mass is 32.2. The topological polar surface area (TPSA) is 140 Å². The van der Waals surface area contributed by atoms with Crippen LogP contribution >= 0.6 is 0 Å². The molecule has 2 heterocycles. The van der Waals surface area contributed by atoms with Crippen molar-refractivity contribution in [3.63, 3.8) is 0 Å². The van der Waals surface area contributed by atoms with E-state index in [2.05, 4.69) is 4.90 Å². The molecule has 2 amide bonds. The number of morpholine rings is 1. The molecular weight excluding hydrogens is 454 g/mol. The first kappa shape index (κ1) is 25.2. The molecule has 11 nitrogen and oxygen atoms in total. The third-order valence-electron chi connectivity index (χ3n) is 5.63. The van der Waals surface area contributed by atoms with Crippen molar-refractivity contribution in [1.29, 1.82) is 0 Å². The summed E-state index contributed by atoms with van der Waals surface area (Å²) in [5.41, 5.74) is -0.0694. The van der Waals surface area contributed by atoms with Gasteiger partial charge in [-0.3, -0.25) is 28.4 Å². The summed E-state index contributed by atoms with van der Waals surface area (Å²) in [4.78, 5) is 42.3. The zero-order chi connectivity index (χ0) is 24.2. The van der Waals surface area contributed by atoms with Gasteiger partial charge < -0.3 is 19.3 Å². The molecular formula is C21H28N3O8S-. The molecule has 1 saturated heterocycles. The second kappa shape index (κ2) is 10.7. The van der Waals surface area contributed by atoms with E-state index in [1.165, 1.54) is 6.07 Å². The normalized spacial score (nSPS) is 17.8. The Morgan fingerprint density at radius 1 is 1.27 bits per heavy atom. The molecule has 182 valence electrons. The highest BCUT2D eigenvalue weighted by Gasteiger charge is 2.41. The number of fused-ring (bicyclic) bond motifs is 1. The third-order valence-corrected chi connectivity index (χ3v) is 5.93. The number of anilines is 1. The Labute approximate surface area is 194 Å². The van der Waals surface area contributed by atoms with Crippen LogP contribution in [0.5, 0.6) is 0 Å². The number of hydrogen-bond donors (Lipinski definition) is 1. The van der Waals surface area contributed by atoms with Crippen LogP contribution in [-0.2, 0) is 25.1 Å². The Balaban J connectivity index is 1.85. The first-order chi connectivity index (χ1) is 15.6. The lowest BCUT2D eigenvalue weighted by atomic mass is 9.89. The molecule has 0 aromatic heterocycles. The standard InChI is InChI=1S/C21H29N3O8S/c1-21(2,12-17(25)26)13-24-19(27)15-4-3-5-16(18(15)20(24)28)23(14-32-33(29)30)7-6-22-8-10-31-11-9-22/h3-5H,6-14H2,1-2H3,(H,25,26)(H,29,30)/p-1. The van der Waals surface area contributed by atoms with Crippen molar-refractivity contribution in [3.8, 4) is 0 Å². The van der Waals surface area contributed by atoms with Crippen LogP contribution < -0.4 is 4.90 Å². The van der Waals surface area contributed by atoms with Crippen LogP contribution in [0.15, 0.2) is 18.2 Å². The number of amides is 2. The molecule has 2 aliphatic rings. The van der Waals surface area contributed by atoms with E-state index in [1.807, 2.05) is 0 Å². The maximum absolute atomic E-state index is 13.3. The summed E-state index contributed by atoms with van der Waals surface area (Å²) in [6.45, 7) is 6.61. The van der Waals surface area contributed by atoms with Crippen LogP contribution in [0, 0.1) is 5.41 Å². The fourth-order valence-electron chi connectivity index (χ4n) is 4.06. The highest BCUT2D eigenvalue weighted by molar-refractivity contribution is 7.74. The minimum atomic E-state index is -2.75. The van der Waals surface area contributed by atoms with Crippen molar-refractivity contribution in [2.45, 2.75) is 20.3 Å². The van der Waals surface area contributed by atoms with Crippen molar-refractivity contribution in [2.75, 3.05) is 57.6 Å². The molecule has 12 heteroatoms. The molecule has 0 bridgehead atoms. The molecule has 1 fully saturated rings. The van der Waals surface area contributed by atoms with Crippen LogP contribution in [0.2, 0.25) is 0 Å². The average Bonchev–Trinajstić information content (AvgIpc) is 2.98. The van der Waals surface area contributed by atoms with Crippen molar-refractivity contribution >= 4 is 34.8 Å². The molecule has 33 heavy (non-hydrogen) atoms. The van der Waals surface area contributed by atoms with Crippen LogP contribution in [0.1, 0.15) is 41.0 Å². The molecule has 1 unspecified atom stereocenters. The number of carboxylic acid groups (broad SMARTS) is 1. The van der Waals surface area contributed by atoms with E-state index >= 15 is 0 Å². The van der Waals surface area contributed by atoms with Gasteiger partial charge in [-0.05, 0) is 17.5 Å². The number of hydrogen-bond acceptors (Lipinski definition) is 9. The summed E-state index contributed by atoms with van der Waals surface area (Å²) in [7, 11) is 0. The average molecular weight is 483 g/mol. The number of ether oxygens (including phenoxy) is 1. The number of benzene rings is 1. The number of carbonyl (C=O) groups is 3. The lowest BCUT2D eigenvalue weighted by Crippen LogP contribution is -2.42. The zero-order valence-corrected chi connectivity index (χ0v) is 19.5. The summed E-state index contributed by atoms with van der Waals surface area (Å²) >= 11 is -2.75. The Hall–Kier alpha value is -2.38. The van der Waals surface area contributed by atoms with E-state index in [0.717, 1.165) is 18.0 Å². The van der Waals surface area contributed by atoms with Gasteiger partial charge in [-0.2, -0.15) is 0 Å². The summed E-state index contributed by atoms with van der Waals surface area (Å²) < 4.78 is 32.2. The highest BCUT2D eigenvalue weighted by Crippen LogP contribution is 2.34. The smallest absolute Gasteiger partial charge is 0.303 e. The lowest BCUT2D eigenvalue weighted by molar-refractivity contribution is -0.139. The fraction of sp³-hybridized carbons (Fsp3) is 0.571. The molecule has 0 aliphatic carbocycles. The minimum Gasteiger partial charge on any atom is -0.750 e. The van der Waals surface area contributed by atoms with Gasteiger partial charge in [-0.15, -0.1) is 0 Å². The molecule has 0 radical (unpaired) electrons. The van der Waals surface area contributed by atoms with Crippen LogP contribution in [0.3, 0.4) is 0 Å². The van der Waals surface area contributed by atoms with Gasteiger partial charge in [0, 0.05) is 32.7 Å². The second-order valence-corrected chi connectivity index (χ2v) is 9.44. The number of imide groups is 1. The molecule has 0 spiro atoms. The summed E-state index contributed by atoms with van der Waals surface area (Å²) in [5, 5.41) is 9.14. The zero-order valence-electron chi connectivity index (χ0n) is 18.7. The van der Waals surface area contributed by atoms with E-state index in [9.17, 15) is 23.1 Å². The largest absolute Gasteiger partial charge is 0.750 e. The number of aliphatic carboxylic acids is 1. The third kappa shape index (κ3) is 6.36. The maximum atomic E-state index is 13.3. The minimum absolute atomic E-state index is 0.0556. The van der Waals surface area contributed by atoms with Gasteiger partial charge in [0.15, 0.2) is 0 Å². The number of carbonyl (C=O) groups excluding carboxylic acids is 2. The van der Waals surface area contributed by atoms with Crippen molar-refractivity contribution in [2.24, 2.45) is 5.41 Å². The Bertz CT molecular complexity index is 932. The quantitative estimate of drug-likeness (QED) is 0.272. The Morgan fingerprint density at radius 3 is 2.61 bits per heavy atom. The second-order valence-electron chi connectivity index (χ2n) is 8.80. The molecule has 1 atom stereocenters. The SMILES string of the molecule is CC(C)(CC(=O)O)CN1C(=O)c2cccc(N(CCN3CCOCC3)COS(=O)[O-])c2C1=O.